The van der Waals surface area contributed by atoms with Gasteiger partial charge in [-0.2, -0.15) is 0 Å². The minimum atomic E-state index is -0.866. The Kier molecular flexibility index (Phi) is 5.47. The molecule has 5 nitrogen and oxygen atoms in total. The van der Waals surface area contributed by atoms with Crippen LogP contribution in [0.15, 0.2) is 24.3 Å². The summed E-state index contributed by atoms with van der Waals surface area (Å²) in [6, 6.07) is 6.29. The molecule has 1 aromatic heterocycles. The summed E-state index contributed by atoms with van der Waals surface area (Å²) < 4.78 is 0. The van der Waals surface area contributed by atoms with Crippen molar-refractivity contribution in [3.8, 4) is 0 Å². The Morgan fingerprint density at radius 3 is 2.29 bits per heavy atom. The van der Waals surface area contributed by atoms with E-state index >= 15 is 0 Å². The van der Waals surface area contributed by atoms with Crippen molar-refractivity contribution in [2.45, 2.75) is 39.8 Å². The van der Waals surface area contributed by atoms with Gasteiger partial charge in [0, 0.05) is 16.3 Å². The van der Waals surface area contributed by atoms with Crippen LogP contribution in [0.5, 0.6) is 0 Å². The molecule has 2 unspecified atom stereocenters. The molecule has 2 atom stereocenters. The summed E-state index contributed by atoms with van der Waals surface area (Å²) in [6.45, 7) is 6.67. The lowest BCUT2D eigenvalue weighted by molar-refractivity contribution is 0.0847. The van der Waals surface area contributed by atoms with E-state index in [-0.39, 0.29) is 11.7 Å². The molecule has 2 aromatic rings. The normalized spacial score (nSPS) is 13.4. The SMILES string of the molecule is CC(=O)c1c(C)[nH]c(C(=O)NC(C)C(O)c2ccc(Cl)cc2)c1C. The molecule has 2 rings (SSSR count). The van der Waals surface area contributed by atoms with Crippen molar-refractivity contribution >= 4 is 23.3 Å². The van der Waals surface area contributed by atoms with E-state index < -0.39 is 12.1 Å². The van der Waals surface area contributed by atoms with Gasteiger partial charge in [0.25, 0.3) is 5.91 Å². The highest BCUT2D eigenvalue weighted by atomic mass is 35.5. The minimum absolute atomic E-state index is 0.0884. The number of Topliss-reactive ketones (excluding diaryl/α,β-unsaturated/α-hetero) is 1. The van der Waals surface area contributed by atoms with Gasteiger partial charge in [-0.05, 0) is 51.0 Å². The quantitative estimate of drug-likeness (QED) is 0.725. The second-order valence-corrected chi connectivity index (χ2v) is 6.38. The summed E-state index contributed by atoms with van der Waals surface area (Å²) in [5.74, 6) is -0.446. The number of aliphatic hydroxyl groups excluding tert-OH is 1. The number of H-pyrrole nitrogens is 1. The van der Waals surface area contributed by atoms with Gasteiger partial charge in [-0.25, -0.2) is 0 Å². The Morgan fingerprint density at radius 2 is 1.79 bits per heavy atom. The first-order valence-corrected chi connectivity index (χ1v) is 8.04. The van der Waals surface area contributed by atoms with Gasteiger partial charge in [-0.1, -0.05) is 23.7 Å². The summed E-state index contributed by atoms with van der Waals surface area (Å²) in [5, 5.41) is 13.7. The van der Waals surface area contributed by atoms with Gasteiger partial charge in [0.05, 0.1) is 12.1 Å². The number of rotatable bonds is 5. The zero-order chi connectivity index (χ0) is 18.0. The van der Waals surface area contributed by atoms with Crippen LogP contribution in [0.4, 0.5) is 0 Å². The average molecular weight is 349 g/mol. The van der Waals surface area contributed by atoms with Crippen LogP contribution in [-0.2, 0) is 0 Å². The molecule has 0 aliphatic carbocycles. The lowest BCUT2D eigenvalue weighted by Gasteiger charge is -2.20. The third-order valence-corrected chi connectivity index (χ3v) is 4.31. The van der Waals surface area contributed by atoms with Gasteiger partial charge in [-0.3, -0.25) is 9.59 Å². The van der Waals surface area contributed by atoms with E-state index in [0.29, 0.717) is 33.1 Å². The number of aromatic nitrogens is 1. The molecule has 6 heteroatoms. The highest BCUT2D eigenvalue weighted by molar-refractivity contribution is 6.30. The largest absolute Gasteiger partial charge is 0.386 e. The fourth-order valence-electron chi connectivity index (χ4n) is 2.81. The highest BCUT2D eigenvalue weighted by Gasteiger charge is 2.23. The van der Waals surface area contributed by atoms with Crippen LogP contribution in [0.3, 0.4) is 0 Å². The summed E-state index contributed by atoms with van der Waals surface area (Å²) in [5.41, 5.74) is 2.82. The number of aromatic amines is 1. The third-order valence-electron chi connectivity index (χ3n) is 4.06. The lowest BCUT2D eigenvalue weighted by atomic mass is 10.0. The molecule has 3 N–H and O–H groups in total. The monoisotopic (exact) mass is 348 g/mol. The second-order valence-electron chi connectivity index (χ2n) is 5.94. The molecule has 0 saturated carbocycles. The molecule has 1 aromatic carbocycles. The van der Waals surface area contributed by atoms with E-state index in [1.54, 1.807) is 45.0 Å². The Bertz CT molecular complexity index is 765. The second kappa shape index (κ2) is 7.20. The van der Waals surface area contributed by atoms with E-state index in [1.807, 2.05) is 0 Å². The maximum absolute atomic E-state index is 12.5. The highest BCUT2D eigenvalue weighted by Crippen LogP contribution is 2.21. The summed E-state index contributed by atoms with van der Waals surface area (Å²) in [7, 11) is 0. The summed E-state index contributed by atoms with van der Waals surface area (Å²) in [6.07, 6.45) is -0.866. The molecule has 0 spiro atoms. The van der Waals surface area contributed by atoms with Crippen molar-refractivity contribution in [1.82, 2.24) is 10.3 Å². The topological polar surface area (TPSA) is 82.2 Å². The molecule has 24 heavy (non-hydrogen) atoms. The Morgan fingerprint density at radius 1 is 1.21 bits per heavy atom. The smallest absolute Gasteiger partial charge is 0.268 e. The molecule has 1 heterocycles. The molecule has 0 fully saturated rings. The van der Waals surface area contributed by atoms with Gasteiger partial charge in [-0.15, -0.1) is 0 Å². The van der Waals surface area contributed by atoms with E-state index in [0.717, 1.165) is 0 Å². The number of amides is 1. The van der Waals surface area contributed by atoms with Crippen LogP contribution in [0.1, 0.15) is 57.6 Å². The van der Waals surface area contributed by atoms with Crippen molar-refractivity contribution < 1.29 is 14.7 Å². The first-order valence-electron chi connectivity index (χ1n) is 7.66. The van der Waals surface area contributed by atoms with Gasteiger partial charge in [0.15, 0.2) is 5.78 Å². The van der Waals surface area contributed by atoms with Crippen LogP contribution >= 0.6 is 11.6 Å². The molecule has 0 radical (unpaired) electrons. The Hall–Kier alpha value is -2.11. The third kappa shape index (κ3) is 3.68. The average Bonchev–Trinajstić information content (AvgIpc) is 2.82. The predicted octanol–water partition coefficient (Wildman–Crippen LogP) is 3.34. The first kappa shape index (κ1) is 18.2. The maximum atomic E-state index is 12.5. The number of carbonyl (C=O) groups excluding carboxylic acids is 2. The number of benzene rings is 1. The molecule has 0 aliphatic rings. The zero-order valence-corrected chi connectivity index (χ0v) is 14.9. The zero-order valence-electron chi connectivity index (χ0n) is 14.1. The van der Waals surface area contributed by atoms with Crippen LogP contribution in [-0.4, -0.2) is 27.8 Å². The number of hydrogen-bond donors (Lipinski definition) is 3. The lowest BCUT2D eigenvalue weighted by Crippen LogP contribution is -2.37. The van der Waals surface area contributed by atoms with Crippen LogP contribution in [0, 0.1) is 13.8 Å². The maximum Gasteiger partial charge on any atom is 0.268 e. The number of aliphatic hydroxyl groups is 1. The number of ketones is 1. The van der Waals surface area contributed by atoms with E-state index in [2.05, 4.69) is 10.3 Å². The number of nitrogens with one attached hydrogen (secondary N) is 2. The number of aryl methyl sites for hydroxylation is 1. The summed E-state index contributed by atoms with van der Waals surface area (Å²) >= 11 is 5.84. The number of carbonyl (C=O) groups is 2. The van der Waals surface area contributed by atoms with Crippen molar-refractivity contribution in [3.05, 3.63) is 57.4 Å². The molecule has 128 valence electrons. The first-order chi connectivity index (χ1) is 11.2. The fraction of sp³-hybridized carbons (Fsp3) is 0.333. The van der Waals surface area contributed by atoms with Crippen LogP contribution in [0.2, 0.25) is 5.02 Å². The molecular weight excluding hydrogens is 328 g/mol. The van der Waals surface area contributed by atoms with Gasteiger partial charge < -0.3 is 15.4 Å². The summed E-state index contributed by atoms with van der Waals surface area (Å²) in [4.78, 5) is 27.1. The van der Waals surface area contributed by atoms with Crippen molar-refractivity contribution in [2.75, 3.05) is 0 Å². The predicted molar refractivity (Wildman–Crippen MR) is 93.6 cm³/mol. The van der Waals surface area contributed by atoms with Crippen LogP contribution < -0.4 is 5.32 Å². The van der Waals surface area contributed by atoms with Crippen molar-refractivity contribution in [3.63, 3.8) is 0 Å². The van der Waals surface area contributed by atoms with Gasteiger partial charge in [0.1, 0.15) is 5.69 Å². The van der Waals surface area contributed by atoms with Gasteiger partial charge >= 0.3 is 0 Å². The van der Waals surface area contributed by atoms with E-state index in [1.165, 1.54) is 6.92 Å². The van der Waals surface area contributed by atoms with Crippen LogP contribution in [0.25, 0.3) is 0 Å². The molecule has 1 amide bonds. The minimum Gasteiger partial charge on any atom is -0.386 e. The number of halogens is 1. The van der Waals surface area contributed by atoms with Crippen molar-refractivity contribution in [1.29, 1.82) is 0 Å². The van der Waals surface area contributed by atoms with E-state index in [4.69, 9.17) is 11.6 Å². The molecule has 0 saturated heterocycles. The van der Waals surface area contributed by atoms with Crippen molar-refractivity contribution in [2.24, 2.45) is 0 Å². The number of hydrogen-bond acceptors (Lipinski definition) is 3. The molecular formula is C18H21ClN2O3. The Labute approximate surface area is 146 Å². The fourth-order valence-corrected chi connectivity index (χ4v) is 2.94. The van der Waals surface area contributed by atoms with E-state index in [9.17, 15) is 14.7 Å². The Balaban J connectivity index is 2.16. The van der Waals surface area contributed by atoms with Gasteiger partial charge in [0.2, 0.25) is 0 Å². The molecule has 0 bridgehead atoms. The molecule has 0 aliphatic heterocycles. The standard InChI is InChI=1S/C18H21ClN2O3/c1-9-15(12(4)22)10(2)20-16(9)18(24)21-11(3)17(23)13-5-7-14(19)8-6-13/h5-8,11,17,20,23H,1-4H3,(H,21,24).